The van der Waals surface area contributed by atoms with Gasteiger partial charge in [0.05, 0.1) is 19.8 Å². The van der Waals surface area contributed by atoms with Crippen molar-refractivity contribution in [2.24, 2.45) is 0 Å². The fraction of sp³-hybridized carbons (Fsp3) is 0.667. The van der Waals surface area contributed by atoms with Crippen LogP contribution in [0.4, 0.5) is 0 Å². The van der Waals surface area contributed by atoms with Gasteiger partial charge in [-0.25, -0.2) is 0 Å². The molecule has 0 radical (unpaired) electrons. The van der Waals surface area contributed by atoms with Crippen LogP contribution in [0.15, 0.2) is 24.3 Å². The van der Waals surface area contributed by atoms with E-state index in [1.807, 2.05) is 0 Å². The Morgan fingerprint density at radius 1 is 0.952 bits per heavy atom. The first kappa shape index (κ1) is 18.1. The average molecular weight is 293 g/mol. The lowest BCUT2D eigenvalue weighted by Gasteiger charge is -2.21. The van der Waals surface area contributed by atoms with Crippen LogP contribution in [0.3, 0.4) is 0 Å². The number of unbranched alkanes of at least 4 members (excludes halogenated alkanes) is 1. The Kier molecular flexibility index (Phi) is 8.58. The standard InChI is InChI=1S/C18H31NO2/c1-5-6-11-20-12-13-21-15-17-10-8-7-9-16(17)14-19-18(2,3)4/h7-10,19H,5-6,11-15H2,1-4H3. The van der Waals surface area contributed by atoms with Crippen molar-refractivity contribution < 1.29 is 9.47 Å². The molecule has 3 heteroatoms. The normalized spacial score (nSPS) is 11.8. The molecule has 1 rings (SSSR count). The van der Waals surface area contributed by atoms with Crippen molar-refractivity contribution in [3.05, 3.63) is 35.4 Å². The van der Waals surface area contributed by atoms with E-state index in [0.29, 0.717) is 19.8 Å². The lowest BCUT2D eigenvalue weighted by molar-refractivity contribution is 0.0394. The lowest BCUT2D eigenvalue weighted by Crippen LogP contribution is -2.35. The van der Waals surface area contributed by atoms with E-state index in [4.69, 9.17) is 9.47 Å². The molecular formula is C18H31NO2. The van der Waals surface area contributed by atoms with Crippen LogP contribution in [0.2, 0.25) is 0 Å². The maximum Gasteiger partial charge on any atom is 0.0721 e. The molecule has 120 valence electrons. The summed E-state index contributed by atoms with van der Waals surface area (Å²) in [5.41, 5.74) is 2.68. The quantitative estimate of drug-likeness (QED) is 0.664. The first-order chi connectivity index (χ1) is 10.0. The minimum absolute atomic E-state index is 0.126. The molecule has 1 aromatic rings. The fourth-order valence-electron chi connectivity index (χ4n) is 1.88. The first-order valence-electron chi connectivity index (χ1n) is 8.00. The molecule has 1 N–H and O–H groups in total. The fourth-order valence-corrected chi connectivity index (χ4v) is 1.88. The topological polar surface area (TPSA) is 30.5 Å². The molecule has 1 aromatic carbocycles. The first-order valence-corrected chi connectivity index (χ1v) is 8.00. The monoisotopic (exact) mass is 293 g/mol. The zero-order chi connectivity index (χ0) is 15.6. The highest BCUT2D eigenvalue weighted by Gasteiger charge is 2.10. The van der Waals surface area contributed by atoms with Gasteiger partial charge in [-0.15, -0.1) is 0 Å². The van der Waals surface area contributed by atoms with Gasteiger partial charge < -0.3 is 14.8 Å². The molecule has 0 aliphatic heterocycles. The Bertz CT molecular complexity index is 385. The van der Waals surface area contributed by atoms with E-state index >= 15 is 0 Å². The van der Waals surface area contributed by atoms with Gasteiger partial charge in [0.15, 0.2) is 0 Å². The Morgan fingerprint density at radius 2 is 1.62 bits per heavy atom. The summed E-state index contributed by atoms with van der Waals surface area (Å²) < 4.78 is 11.2. The third-order valence-electron chi connectivity index (χ3n) is 3.20. The van der Waals surface area contributed by atoms with Crippen LogP contribution >= 0.6 is 0 Å². The summed E-state index contributed by atoms with van der Waals surface area (Å²) in [6.45, 7) is 12.4. The van der Waals surface area contributed by atoms with Gasteiger partial charge in [-0.2, -0.15) is 0 Å². The molecule has 0 aliphatic rings. The summed E-state index contributed by atoms with van der Waals surface area (Å²) in [5.74, 6) is 0. The molecule has 0 spiro atoms. The van der Waals surface area contributed by atoms with Gasteiger partial charge in [0.1, 0.15) is 0 Å². The average Bonchev–Trinajstić information content (AvgIpc) is 2.44. The Balaban J connectivity index is 2.31. The van der Waals surface area contributed by atoms with E-state index in [0.717, 1.165) is 19.6 Å². The molecule has 0 unspecified atom stereocenters. The van der Waals surface area contributed by atoms with E-state index < -0.39 is 0 Å². The molecule has 0 saturated heterocycles. The summed E-state index contributed by atoms with van der Waals surface area (Å²) in [7, 11) is 0. The minimum Gasteiger partial charge on any atom is -0.379 e. The van der Waals surface area contributed by atoms with Crippen molar-refractivity contribution in [1.82, 2.24) is 5.32 Å². The Morgan fingerprint density at radius 3 is 2.29 bits per heavy atom. The number of ether oxygens (including phenoxy) is 2. The van der Waals surface area contributed by atoms with Gasteiger partial charge in [-0.3, -0.25) is 0 Å². The van der Waals surface area contributed by atoms with Crippen LogP contribution in [0.5, 0.6) is 0 Å². The van der Waals surface area contributed by atoms with E-state index in [9.17, 15) is 0 Å². The van der Waals surface area contributed by atoms with Gasteiger partial charge in [0.2, 0.25) is 0 Å². The summed E-state index contributed by atoms with van der Waals surface area (Å²) in [6.07, 6.45) is 2.30. The zero-order valence-corrected chi connectivity index (χ0v) is 14.1. The van der Waals surface area contributed by atoms with Crippen molar-refractivity contribution in [2.45, 2.75) is 59.2 Å². The highest BCUT2D eigenvalue weighted by molar-refractivity contribution is 5.26. The van der Waals surface area contributed by atoms with Crippen molar-refractivity contribution in [1.29, 1.82) is 0 Å². The lowest BCUT2D eigenvalue weighted by atomic mass is 10.1. The van der Waals surface area contributed by atoms with Crippen LogP contribution in [-0.4, -0.2) is 25.4 Å². The van der Waals surface area contributed by atoms with Gasteiger partial charge in [-0.1, -0.05) is 37.6 Å². The third kappa shape index (κ3) is 8.86. The number of rotatable bonds is 10. The smallest absolute Gasteiger partial charge is 0.0721 e. The second kappa shape index (κ2) is 9.93. The van der Waals surface area contributed by atoms with E-state index in [1.165, 1.54) is 17.5 Å². The van der Waals surface area contributed by atoms with Crippen LogP contribution in [0.25, 0.3) is 0 Å². The number of hydrogen-bond acceptors (Lipinski definition) is 3. The summed E-state index contributed by atoms with van der Waals surface area (Å²) >= 11 is 0. The second-order valence-electron chi connectivity index (χ2n) is 6.39. The van der Waals surface area contributed by atoms with Gasteiger partial charge in [-0.05, 0) is 38.3 Å². The predicted octanol–water partition coefficient (Wildman–Crippen LogP) is 3.91. The second-order valence-corrected chi connectivity index (χ2v) is 6.39. The highest BCUT2D eigenvalue weighted by Crippen LogP contribution is 2.12. The largest absolute Gasteiger partial charge is 0.379 e. The van der Waals surface area contributed by atoms with E-state index in [2.05, 4.69) is 57.3 Å². The van der Waals surface area contributed by atoms with Gasteiger partial charge in [0.25, 0.3) is 0 Å². The van der Waals surface area contributed by atoms with Crippen LogP contribution < -0.4 is 5.32 Å². The maximum atomic E-state index is 5.72. The van der Waals surface area contributed by atoms with Crippen molar-refractivity contribution in [3.8, 4) is 0 Å². The summed E-state index contributed by atoms with van der Waals surface area (Å²) in [5, 5.41) is 3.52. The number of benzene rings is 1. The van der Waals surface area contributed by atoms with E-state index in [1.54, 1.807) is 0 Å². The SMILES string of the molecule is CCCCOCCOCc1ccccc1CNC(C)(C)C. The highest BCUT2D eigenvalue weighted by atomic mass is 16.5. The van der Waals surface area contributed by atoms with Gasteiger partial charge in [0, 0.05) is 18.7 Å². The molecule has 0 bridgehead atoms. The molecule has 0 fully saturated rings. The molecule has 0 saturated carbocycles. The number of hydrogen-bond donors (Lipinski definition) is 1. The molecular weight excluding hydrogens is 262 g/mol. The summed E-state index contributed by atoms with van der Waals surface area (Å²) in [4.78, 5) is 0. The molecule has 0 aromatic heterocycles. The van der Waals surface area contributed by atoms with Crippen LogP contribution in [-0.2, 0) is 22.6 Å². The van der Waals surface area contributed by atoms with Crippen LogP contribution in [0, 0.1) is 0 Å². The maximum absolute atomic E-state index is 5.72. The molecule has 21 heavy (non-hydrogen) atoms. The Labute approximate surface area is 130 Å². The molecule has 0 atom stereocenters. The Hall–Kier alpha value is -0.900. The number of nitrogens with one attached hydrogen (secondary N) is 1. The molecule has 0 aliphatic carbocycles. The predicted molar refractivity (Wildman–Crippen MR) is 88.4 cm³/mol. The zero-order valence-electron chi connectivity index (χ0n) is 14.1. The van der Waals surface area contributed by atoms with Crippen molar-refractivity contribution in [2.75, 3.05) is 19.8 Å². The minimum atomic E-state index is 0.126. The van der Waals surface area contributed by atoms with Crippen LogP contribution in [0.1, 0.15) is 51.7 Å². The molecule has 0 heterocycles. The van der Waals surface area contributed by atoms with Crippen molar-refractivity contribution in [3.63, 3.8) is 0 Å². The van der Waals surface area contributed by atoms with Gasteiger partial charge >= 0.3 is 0 Å². The van der Waals surface area contributed by atoms with Crippen molar-refractivity contribution >= 4 is 0 Å². The third-order valence-corrected chi connectivity index (χ3v) is 3.20. The summed E-state index contributed by atoms with van der Waals surface area (Å²) in [6, 6.07) is 8.45. The molecule has 0 amide bonds. The van der Waals surface area contributed by atoms with E-state index in [-0.39, 0.29) is 5.54 Å². The molecule has 3 nitrogen and oxygen atoms in total.